The molecule has 0 aliphatic rings. The van der Waals surface area contributed by atoms with E-state index < -0.39 is 0 Å². The first-order chi connectivity index (χ1) is 7.51. The van der Waals surface area contributed by atoms with E-state index in [-0.39, 0.29) is 5.60 Å². The summed E-state index contributed by atoms with van der Waals surface area (Å²) in [6.07, 6.45) is 3.17. The van der Waals surface area contributed by atoms with Crippen LogP contribution in [0.3, 0.4) is 0 Å². The molecule has 0 aromatic carbocycles. The maximum absolute atomic E-state index is 5.59. The van der Waals surface area contributed by atoms with E-state index in [0.717, 1.165) is 5.69 Å². The van der Waals surface area contributed by atoms with Crippen LogP contribution in [0, 0.1) is 0 Å². The summed E-state index contributed by atoms with van der Waals surface area (Å²) in [7, 11) is 0. The molecule has 90 valence electrons. The molecule has 0 aliphatic carbocycles. The van der Waals surface area contributed by atoms with Gasteiger partial charge in [0.15, 0.2) is 0 Å². The molecule has 1 rings (SSSR count). The van der Waals surface area contributed by atoms with Gasteiger partial charge in [0.05, 0.1) is 36.2 Å². The largest absolute Gasteiger partial charge is 0.474 e. The highest BCUT2D eigenvalue weighted by Crippen LogP contribution is 2.08. The fraction of sp³-hybridized carbons (Fsp3) is 0.636. The molecule has 5 heteroatoms. The van der Waals surface area contributed by atoms with Crippen LogP contribution in [0.5, 0.6) is 5.88 Å². The smallest absolute Gasteiger partial charge is 0.232 e. The maximum atomic E-state index is 5.59. The van der Waals surface area contributed by atoms with E-state index in [2.05, 4.69) is 9.97 Å². The molecule has 0 spiro atoms. The van der Waals surface area contributed by atoms with Crippen molar-refractivity contribution in [1.29, 1.82) is 0 Å². The molecular weight excluding hydrogens is 228 g/mol. The topological polar surface area (TPSA) is 44.2 Å². The molecule has 0 fully saturated rings. The van der Waals surface area contributed by atoms with Crippen LogP contribution < -0.4 is 4.74 Å². The summed E-state index contributed by atoms with van der Waals surface area (Å²) in [5.41, 5.74) is 0.595. The Morgan fingerprint density at radius 1 is 1.19 bits per heavy atom. The van der Waals surface area contributed by atoms with E-state index in [9.17, 15) is 0 Å². The Balaban J connectivity index is 2.27. The van der Waals surface area contributed by atoms with Crippen LogP contribution in [0.1, 0.15) is 26.5 Å². The van der Waals surface area contributed by atoms with Crippen molar-refractivity contribution < 1.29 is 9.47 Å². The van der Waals surface area contributed by atoms with Crippen LogP contribution in [-0.2, 0) is 10.6 Å². The highest BCUT2D eigenvalue weighted by Gasteiger charge is 2.09. The first-order valence-corrected chi connectivity index (χ1v) is 5.68. The zero-order valence-corrected chi connectivity index (χ0v) is 10.6. The van der Waals surface area contributed by atoms with Crippen LogP contribution in [0.4, 0.5) is 0 Å². The lowest BCUT2D eigenvalue weighted by molar-refractivity contribution is -0.0168. The van der Waals surface area contributed by atoms with E-state index >= 15 is 0 Å². The highest BCUT2D eigenvalue weighted by molar-refractivity contribution is 6.16. The van der Waals surface area contributed by atoms with Crippen LogP contribution in [-0.4, -0.2) is 28.8 Å². The number of nitrogens with zero attached hydrogens (tertiary/aromatic N) is 2. The highest BCUT2D eigenvalue weighted by atomic mass is 35.5. The molecule has 16 heavy (non-hydrogen) atoms. The van der Waals surface area contributed by atoms with E-state index in [1.807, 2.05) is 20.8 Å². The number of hydrogen-bond donors (Lipinski definition) is 0. The quantitative estimate of drug-likeness (QED) is 0.589. The third-order valence-corrected chi connectivity index (χ3v) is 1.96. The average molecular weight is 245 g/mol. The number of rotatable bonds is 5. The van der Waals surface area contributed by atoms with Gasteiger partial charge >= 0.3 is 0 Å². The number of ether oxygens (including phenoxy) is 2. The van der Waals surface area contributed by atoms with Gasteiger partial charge < -0.3 is 9.47 Å². The SMILES string of the molecule is CC(C)(C)OCCOc1cnc(CCl)cn1. The van der Waals surface area contributed by atoms with Crippen molar-refractivity contribution >= 4 is 11.6 Å². The summed E-state index contributed by atoms with van der Waals surface area (Å²) in [6.45, 7) is 7.00. The van der Waals surface area contributed by atoms with Crippen molar-refractivity contribution in [1.82, 2.24) is 9.97 Å². The predicted molar refractivity (Wildman–Crippen MR) is 62.8 cm³/mol. The van der Waals surface area contributed by atoms with Crippen LogP contribution in [0.2, 0.25) is 0 Å². The first-order valence-electron chi connectivity index (χ1n) is 5.15. The van der Waals surface area contributed by atoms with Crippen molar-refractivity contribution in [2.45, 2.75) is 32.3 Å². The van der Waals surface area contributed by atoms with E-state index in [1.54, 1.807) is 12.4 Å². The Kier molecular flexibility index (Phi) is 4.96. The van der Waals surface area contributed by atoms with Crippen molar-refractivity contribution in [3.8, 4) is 5.88 Å². The molecule has 0 unspecified atom stereocenters. The summed E-state index contributed by atoms with van der Waals surface area (Å²) >= 11 is 5.59. The molecule has 1 heterocycles. The second-order valence-electron chi connectivity index (χ2n) is 4.29. The van der Waals surface area contributed by atoms with Gasteiger partial charge in [-0.05, 0) is 20.8 Å². The van der Waals surface area contributed by atoms with Gasteiger partial charge in [-0.2, -0.15) is 0 Å². The minimum Gasteiger partial charge on any atom is -0.474 e. The molecule has 0 bridgehead atoms. The molecule has 0 radical (unpaired) electrons. The Bertz CT molecular complexity index is 309. The number of alkyl halides is 1. The van der Waals surface area contributed by atoms with E-state index in [1.165, 1.54) is 0 Å². The van der Waals surface area contributed by atoms with Gasteiger partial charge in [0, 0.05) is 0 Å². The minimum absolute atomic E-state index is 0.141. The first kappa shape index (κ1) is 13.2. The molecule has 0 aliphatic heterocycles. The fourth-order valence-electron chi connectivity index (χ4n) is 0.981. The molecule has 0 N–H and O–H groups in total. The number of halogens is 1. The number of hydrogen-bond acceptors (Lipinski definition) is 4. The lowest BCUT2D eigenvalue weighted by Gasteiger charge is -2.19. The standard InChI is InChI=1S/C11H17ClN2O2/c1-11(2,3)16-5-4-15-10-8-13-9(6-12)7-14-10/h7-8H,4-6H2,1-3H3. The van der Waals surface area contributed by atoms with E-state index in [4.69, 9.17) is 21.1 Å². The Hall–Kier alpha value is -0.870. The summed E-state index contributed by atoms with van der Waals surface area (Å²) in [4.78, 5) is 8.12. The summed E-state index contributed by atoms with van der Waals surface area (Å²) < 4.78 is 10.9. The van der Waals surface area contributed by atoms with Crippen LogP contribution in [0.25, 0.3) is 0 Å². The molecule has 4 nitrogen and oxygen atoms in total. The predicted octanol–water partition coefficient (Wildman–Crippen LogP) is 2.41. The zero-order valence-electron chi connectivity index (χ0n) is 9.86. The Labute approximate surface area is 101 Å². The summed E-state index contributed by atoms with van der Waals surface area (Å²) in [5.74, 6) is 0.854. The van der Waals surface area contributed by atoms with Crippen LogP contribution in [0.15, 0.2) is 12.4 Å². The van der Waals surface area contributed by atoms with Gasteiger partial charge in [-0.25, -0.2) is 4.98 Å². The lowest BCUT2D eigenvalue weighted by Crippen LogP contribution is -2.22. The average Bonchev–Trinajstić information content (AvgIpc) is 2.24. The molecule has 0 saturated carbocycles. The Morgan fingerprint density at radius 2 is 1.94 bits per heavy atom. The minimum atomic E-state index is -0.141. The number of aromatic nitrogens is 2. The van der Waals surface area contributed by atoms with Crippen molar-refractivity contribution in [3.05, 3.63) is 18.1 Å². The van der Waals surface area contributed by atoms with Crippen molar-refractivity contribution in [3.63, 3.8) is 0 Å². The normalized spacial score (nSPS) is 11.5. The third-order valence-electron chi connectivity index (χ3n) is 1.69. The van der Waals surface area contributed by atoms with E-state index in [0.29, 0.717) is 25.0 Å². The molecular formula is C11H17ClN2O2. The van der Waals surface area contributed by atoms with Crippen molar-refractivity contribution in [2.24, 2.45) is 0 Å². The fourth-order valence-corrected chi connectivity index (χ4v) is 1.12. The third kappa shape index (κ3) is 5.28. The van der Waals surface area contributed by atoms with Gasteiger partial charge in [0.1, 0.15) is 6.61 Å². The van der Waals surface area contributed by atoms with Gasteiger partial charge in [0.25, 0.3) is 0 Å². The molecule has 0 atom stereocenters. The van der Waals surface area contributed by atoms with Crippen LogP contribution >= 0.6 is 11.6 Å². The second-order valence-corrected chi connectivity index (χ2v) is 4.56. The zero-order chi connectivity index (χ0) is 12.0. The van der Waals surface area contributed by atoms with Gasteiger partial charge in [-0.3, -0.25) is 4.98 Å². The Morgan fingerprint density at radius 3 is 2.44 bits per heavy atom. The lowest BCUT2D eigenvalue weighted by atomic mass is 10.2. The van der Waals surface area contributed by atoms with Gasteiger partial charge in [-0.15, -0.1) is 11.6 Å². The van der Waals surface area contributed by atoms with Gasteiger partial charge in [0.2, 0.25) is 5.88 Å². The van der Waals surface area contributed by atoms with Crippen molar-refractivity contribution in [2.75, 3.05) is 13.2 Å². The molecule has 0 amide bonds. The molecule has 1 aromatic heterocycles. The summed E-state index contributed by atoms with van der Waals surface area (Å²) in [5, 5.41) is 0. The monoisotopic (exact) mass is 244 g/mol. The van der Waals surface area contributed by atoms with Gasteiger partial charge in [-0.1, -0.05) is 0 Å². The summed E-state index contributed by atoms with van der Waals surface area (Å²) in [6, 6.07) is 0. The molecule has 0 saturated heterocycles. The molecule has 1 aromatic rings. The maximum Gasteiger partial charge on any atom is 0.232 e. The second kappa shape index (κ2) is 6.01.